The predicted octanol–water partition coefficient (Wildman–Crippen LogP) is -0.569. The molecule has 0 aliphatic carbocycles. The lowest BCUT2D eigenvalue weighted by Crippen LogP contribution is -2.45. The number of aromatic nitrogens is 2. The Morgan fingerprint density at radius 1 is 1.24 bits per heavy atom. The summed E-state index contributed by atoms with van der Waals surface area (Å²) in [5, 5.41) is 3.06. The monoisotopic (exact) mass is 296 g/mol. The quantitative estimate of drug-likeness (QED) is 0.763. The third-order valence-corrected chi connectivity index (χ3v) is 3.66. The molecule has 1 heterocycles. The smallest absolute Gasteiger partial charge is 0.330 e. The van der Waals surface area contributed by atoms with Gasteiger partial charge < -0.3 is 10.2 Å². The lowest BCUT2D eigenvalue weighted by molar-refractivity contribution is -0.132. The highest BCUT2D eigenvalue weighted by Crippen LogP contribution is 1.97. The summed E-state index contributed by atoms with van der Waals surface area (Å²) in [6.07, 6.45) is 0. The lowest BCUT2D eigenvalue weighted by Gasteiger charge is -2.23. The molecule has 21 heavy (non-hydrogen) atoms. The number of amides is 1. The Balaban J connectivity index is 2.83. The van der Waals surface area contributed by atoms with Crippen LogP contribution < -0.4 is 16.6 Å². The average Bonchev–Trinajstić information content (AvgIpc) is 2.48. The zero-order valence-electron chi connectivity index (χ0n) is 13.3. The highest BCUT2D eigenvalue weighted by atomic mass is 16.2. The molecule has 0 bridgehead atoms. The number of rotatable bonds is 6. The van der Waals surface area contributed by atoms with Gasteiger partial charge in [0.2, 0.25) is 5.91 Å². The molecule has 7 nitrogen and oxygen atoms in total. The van der Waals surface area contributed by atoms with Crippen molar-refractivity contribution in [2.75, 3.05) is 13.1 Å². The zero-order chi connectivity index (χ0) is 16.2. The zero-order valence-corrected chi connectivity index (χ0v) is 13.3. The van der Waals surface area contributed by atoms with E-state index in [2.05, 4.69) is 5.32 Å². The minimum absolute atomic E-state index is 0.00818. The molecular formula is C14H24N4O3. The van der Waals surface area contributed by atoms with Gasteiger partial charge in [0.25, 0.3) is 5.56 Å². The van der Waals surface area contributed by atoms with E-state index < -0.39 is 0 Å². The van der Waals surface area contributed by atoms with Gasteiger partial charge in [-0.1, -0.05) is 0 Å². The van der Waals surface area contributed by atoms with E-state index in [0.29, 0.717) is 18.8 Å². The van der Waals surface area contributed by atoms with Crippen LogP contribution in [0.15, 0.2) is 15.7 Å². The molecule has 1 aromatic heterocycles. The molecule has 0 fully saturated rings. The maximum absolute atomic E-state index is 12.1. The fraction of sp³-hybridized carbons (Fsp3) is 0.643. The molecular weight excluding hydrogens is 272 g/mol. The van der Waals surface area contributed by atoms with Crippen LogP contribution in [0, 0.1) is 0 Å². The maximum atomic E-state index is 12.1. The average molecular weight is 296 g/mol. The van der Waals surface area contributed by atoms with Crippen LogP contribution in [-0.4, -0.2) is 39.1 Å². The molecule has 1 rings (SSSR count). The van der Waals surface area contributed by atoms with Gasteiger partial charge >= 0.3 is 5.69 Å². The van der Waals surface area contributed by atoms with E-state index in [1.807, 2.05) is 13.8 Å². The molecule has 118 valence electrons. The molecule has 0 aliphatic rings. The highest BCUT2D eigenvalue weighted by molar-refractivity contribution is 5.81. The summed E-state index contributed by atoms with van der Waals surface area (Å²) in [5.74, 6) is 0.00818. The first kappa shape index (κ1) is 17.2. The van der Waals surface area contributed by atoms with Crippen LogP contribution >= 0.6 is 0 Å². The summed E-state index contributed by atoms with van der Waals surface area (Å²) in [6.45, 7) is 7.24. The van der Waals surface area contributed by atoms with Crippen LogP contribution in [0.1, 0.15) is 26.5 Å². The summed E-state index contributed by atoms with van der Waals surface area (Å²) in [7, 11) is 3.05. The van der Waals surface area contributed by atoms with Gasteiger partial charge in [-0.2, -0.15) is 0 Å². The molecule has 1 atom stereocenters. The number of likely N-dealkylation sites (N-methyl/N-ethyl adjacent to an activating group) is 1. The van der Waals surface area contributed by atoms with Crippen LogP contribution in [0.25, 0.3) is 0 Å². The topological polar surface area (TPSA) is 76.3 Å². The van der Waals surface area contributed by atoms with E-state index in [1.54, 1.807) is 18.9 Å². The third-order valence-electron chi connectivity index (χ3n) is 3.66. The lowest BCUT2D eigenvalue weighted by atomic mass is 10.2. The van der Waals surface area contributed by atoms with Crippen LogP contribution in [0.2, 0.25) is 0 Å². The van der Waals surface area contributed by atoms with Gasteiger partial charge in [0.05, 0.1) is 6.04 Å². The third kappa shape index (κ3) is 3.81. The van der Waals surface area contributed by atoms with Crippen LogP contribution in [-0.2, 0) is 25.4 Å². The second-order valence-electron chi connectivity index (χ2n) is 4.99. The second-order valence-corrected chi connectivity index (χ2v) is 4.99. The number of nitrogens with one attached hydrogen (secondary N) is 1. The molecule has 1 amide bonds. The maximum Gasteiger partial charge on any atom is 0.330 e. The molecule has 0 radical (unpaired) electrons. The largest absolute Gasteiger partial charge is 0.342 e. The molecule has 0 saturated heterocycles. The van der Waals surface area contributed by atoms with Crippen molar-refractivity contribution in [3.8, 4) is 0 Å². The van der Waals surface area contributed by atoms with Crippen molar-refractivity contribution in [1.29, 1.82) is 0 Å². The number of carbonyl (C=O) groups is 1. The van der Waals surface area contributed by atoms with E-state index in [4.69, 9.17) is 0 Å². The Bertz CT molecular complexity index is 614. The van der Waals surface area contributed by atoms with Crippen molar-refractivity contribution >= 4 is 5.91 Å². The van der Waals surface area contributed by atoms with Crippen LogP contribution in [0.5, 0.6) is 0 Å². The fourth-order valence-corrected chi connectivity index (χ4v) is 2.10. The van der Waals surface area contributed by atoms with Crippen LogP contribution in [0.3, 0.4) is 0 Å². The highest BCUT2D eigenvalue weighted by Gasteiger charge is 2.18. The van der Waals surface area contributed by atoms with Gasteiger partial charge in [-0.15, -0.1) is 0 Å². The number of carbonyl (C=O) groups excluding carboxylic acids is 1. The van der Waals surface area contributed by atoms with Crippen molar-refractivity contribution < 1.29 is 4.79 Å². The normalized spacial score (nSPS) is 12.2. The first-order valence-electron chi connectivity index (χ1n) is 7.11. The van der Waals surface area contributed by atoms with E-state index in [1.165, 1.54) is 17.7 Å². The Morgan fingerprint density at radius 2 is 1.81 bits per heavy atom. The standard InChI is InChI=1S/C14H24N4O3/c1-6-18(7-2)13(20)10(3)15-9-11-8-12(19)17(5)14(21)16(11)4/h8,10,15H,6-7,9H2,1-5H3. The molecule has 0 spiro atoms. The Morgan fingerprint density at radius 3 is 2.33 bits per heavy atom. The molecule has 0 aliphatic heterocycles. The SMILES string of the molecule is CCN(CC)C(=O)C(C)NCc1cc(=O)n(C)c(=O)n1C. The van der Waals surface area contributed by atoms with Crippen molar-refractivity contribution in [3.63, 3.8) is 0 Å². The first-order valence-corrected chi connectivity index (χ1v) is 7.11. The van der Waals surface area contributed by atoms with E-state index >= 15 is 0 Å². The number of hydrogen-bond donors (Lipinski definition) is 1. The van der Waals surface area contributed by atoms with Gasteiger partial charge in [-0.3, -0.25) is 18.7 Å². The van der Waals surface area contributed by atoms with Crippen molar-refractivity contribution in [2.24, 2.45) is 14.1 Å². The summed E-state index contributed by atoms with van der Waals surface area (Å²) >= 11 is 0. The molecule has 7 heteroatoms. The van der Waals surface area contributed by atoms with E-state index in [0.717, 1.165) is 4.57 Å². The summed E-state index contributed by atoms with van der Waals surface area (Å²) in [4.78, 5) is 37.3. The van der Waals surface area contributed by atoms with Crippen molar-refractivity contribution in [2.45, 2.75) is 33.4 Å². The van der Waals surface area contributed by atoms with Gasteiger partial charge in [-0.05, 0) is 20.8 Å². The molecule has 1 unspecified atom stereocenters. The first-order chi connectivity index (χ1) is 9.83. The predicted molar refractivity (Wildman–Crippen MR) is 81.2 cm³/mol. The Hall–Kier alpha value is -1.89. The van der Waals surface area contributed by atoms with Gasteiger partial charge in [0, 0.05) is 45.5 Å². The molecule has 0 saturated carbocycles. The van der Waals surface area contributed by atoms with Crippen molar-refractivity contribution in [1.82, 2.24) is 19.4 Å². The molecule has 1 aromatic rings. The van der Waals surface area contributed by atoms with Gasteiger partial charge in [0.15, 0.2) is 0 Å². The minimum Gasteiger partial charge on any atom is -0.342 e. The number of hydrogen-bond acceptors (Lipinski definition) is 4. The van der Waals surface area contributed by atoms with Crippen LogP contribution in [0.4, 0.5) is 0 Å². The van der Waals surface area contributed by atoms with Gasteiger partial charge in [-0.25, -0.2) is 4.79 Å². The van der Waals surface area contributed by atoms with E-state index in [9.17, 15) is 14.4 Å². The number of nitrogens with zero attached hydrogens (tertiary/aromatic N) is 3. The Labute approximate surface area is 124 Å². The Kier molecular flexibility index (Phi) is 5.90. The minimum atomic E-state index is -0.373. The fourth-order valence-electron chi connectivity index (χ4n) is 2.10. The van der Waals surface area contributed by atoms with Crippen molar-refractivity contribution in [3.05, 3.63) is 32.6 Å². The summed E-state index contributed by atoms with van der Waals surface area (Å²) in [5.41, 5.74) is -0.165. The van der Waals surface area contributed by atoms with Gasteiger partial charge in [0.1, 0.15) is 0 Å². The summed E-state index contributed by atoms with van der Waals surface area (Å²) < 4.78 is 2.46. The molecule has 0 aromatic carbocycles. The van der Waals surface area contributed by atoms with E-state index in [-0.39, 0.29) is 29.7 Å². The second kappa shape index (κ2) is 7.21. The summed E-state index contributed by atoms with van der Waals surface area (Å²) in [6, 6.07) is 1.03. The molecule has 1 N–H and O–H groups in total.